The molecule has 1 aliphatic heterocycles. The Bertz CT molecular complexity index is 281. The van der Waals surface area contributed by atoms with Crippen LogP contribution in [0.3, 0.4) is 0 Å². The summed E-state index contributed by atoms with van der Waals surface area (Å²) in [7, 11) is 1.67. The van der Waals surface area contributed by atoms with E-state index in [1.807, 2.05) is 0 Å². The van der Waals surface area contributed by atoms with Crippen molar-refractivity contribution in [2.24, 2.45) is 10.9 Å². The third kappa shape index (κ3) is 5.62. The third-order valence-corrected chi connectivity index (χ3v) is 3.67. The zero-order valence-corrected chi connectivity index (χ0v) is 12.6. The molecule has 1 saturated heterocycles. The molecule has 1 aliphatic rings. The van der Waals surface area contributed by atoms with Gasteiger partial charge in [0.05, 0.1) is 25.9 Å². The quantitative estimate of drug-likeness (QED) is 0.201. The van der Waals surface area contributed by atoms with E-state index in [1.165, 1.54) is 0 Å². The van der Waals surface area contributed by atoms with Crippen molar-refractivity contribution in [3.8, 4) is 0 Å². The highest BCUT2D eigenvalue weighted by molar-refractivity contribution is 5.85. The zero-order chi connectivity index (χ0) is 14.8. The standard InChI is InChI=1S/C13H28N4O3/c1-3-12(13(14)15-18)17-6-4-16(5-7-17)8-9-20-11-10-19-2/h12,18H,3-11H2,1-2H3,(H2,14,15). The molecule has 0 saturated carbocycles. The van der Waals surface area contributed by atoms with Crippen LogP contribution in [0.2, 0.25) is 0 Å². The smallest absolute Gasteiger partial charge is 0.156 e. The van der Waals surface area contributed by atoms with Crippen LogP contribution in [0, 0.1) is 0 Å². The normalized spacial score (nSPS) is 20.2. The number of rotatable bonds is 9. The maximum atomic E-state index is 8.81. The van der Waals surface area contributed by atoms with Crippen LogP contribution in [0.5, 0.6) is 0 Å². The molecule has 1 heterocycles. The zero-order valence-electron chi connectivity index (χ0n) is 12.6. The summed E-state index contributed by atoms with van der Waals surface area (Å²) >= 11 is 0. The predicted molar refractivity (Wildman–Crippen MR) is 78.2 cm³/mol. The van der Waals surface area contributed by atoms with Crippen molar-refractivity contribution in [3.05, 3.63) is 0 Å². The third-order valence-electron chi connectivity index (χ3n) is 3.67. The lowest BCUT2D eigenvalue weighted by Crippen LogP contribution is -2.54. The highest BCUT2D eigenvalue weighted by Crippen LogP contribution is 2.09. The first kappa shape index (κ1) is 17.2. The summed E-state index contributed by atoms with van der Waals surface area (Å²) in [5.74, 6) is 0.309. The van der Waals surface area contributed by atoms with Crippen molar-refractivity contribution in [1.82, 2.24) is 9.80 Å². The number of amidine groups is 1. The van der Waals surface area contributed by atoms with E-state index in [-0.39, 0.29) is 6.04 Å². The second kappa shape index (κ2) is 9.93. The average Bonchev–Trinajstić information content (AvgIpc) is 2.49. The largest absolute Gasteiger partial charge is 0.409 e. The molecule has 7 heteroatoms. The first-order chi connectivity index (χ1) is 9.72. The van der Waals surface area contributed by atoms with Crippen molar-refractivity contribution in [3.63, 3.8) is 0 Å². The molecule has 0 radical (unpaired) electrons. The van der Waals surface area contributed by atoms with E-state index in [1.54, 1.807) is 7.11 Å². The molecule has 1 fully saturated rings. The van der Waals surface area contributed by atoms with Gasteiger partial charge in [-0.05, 0) is 6.42 Å². The number of hydrogen-bond donors (Lipinski definition) is 2. The Labute approximate surface area is 121 Å². The molecular formula is C13H28N4O3. The molecule has 1 rings (SSSR count). The number of methoxy groups -OCH3 is 1. The Hall–Kier alpha value is -0.890. The van der Waals surface area contributed by atoms with Gasteiger partial charge in [-0.1, -0.05) is 12.1 Å². The van der Waals surface area contributed by atoms with Gasteiger partial charge in [0.1, 0.15) is 0 Å². The fourth-order valence-corrected chi connectivity index (χ4v) is 2.46. The van der Waals surface area contributed by atoms with E-state index in [4.69, 9.17) is 20.4 Å². The maximum absolute atomic E-state index is 8.81. The summed E-state index contributed by atoms with van der Waals surface area (Å²) in [6, 6.07) is 0.0418. The van der Waals surface area contributed by atoms with E-state index in [0.717, 1.165) is 45.8 Å². The Balaban J connectivity index is 2.22. The second-order valence-electron chi connectivity index (χ2n) is 4.93. The van der Waals surface area contributed by atoms with E-state index in [2.05, 4.69) is 21.9 Å². The van der Waals surface area contributed by atoms with Gasteiger partial charge in [0.2, 0.25) is 0 Å². The van der Waals surface area contributed by atoms with Crippen molar-refractivity contribution < 1.29 is 14.7 Å². The molecule has 1 unspecified atom stereocenters. The van der Waals surface area contributed by atoms with Crippen LogP contribution in [0.1, 0.15) is 13.3 Å². The van der Waals surface area contributed by atoms with Gasteiger partial charge in [-0.25, -0.2) is 0 Å². The molecule has 7 nitrogen and oxygen atoms in total. The monoisotopic (exact) mass is 288 g/mol. The van der Waals surface area contributed by atoms with Gasteiger partial charge >= 0.3 is 0 Å². The molecule has 0 spiro atoms. The molecule has 0 aromatic carbocycles. The van der Waals surface area contributed by atoms with E-state index >= 15 is 0 Å². The molecule has 0 bridgehead atoms. The van der Waals surface area contributed by atoms with Gasteiger partial charge in [-0.15, -0.1) is 0 Å². The van der Waals surface area contributed by atoms with Crippen LogP contribution >= 0.6 is 0 Å². The lowest BCUT2D eigenvalue weighted by Gasteiger charge is -2.38. The second-order valence-corrected chi connectivity index (χ2v) is 4.93. The fourth-order valence-electron chi connectivity index (χ4n) is 2.46. The number of ether oxygens (including phenoxy) is 2. The molecule has 0 aromatic heterocycles. The van der Waals surface area contributed by atoms with Crippen molar-refractivity contribution in [2.75, 3.05) is 59.7 Å². The average molecular weight is 288 g/mol. The van der Waals surface area contributed by atoms with Crippen LogP contribution in [-0.4, -0.2) is 86.5 Å². The lowest BCUT2D eigenvalue weighted by molar-refractivity contribution is 0.0435. The topological polar surface area (TPSA) is 83.6 Å². The van der Waals surface area contributed by atoms with Gasteiger partial charge in [0.15, 0.2) is 5.84 Å². The Morgan fingerprint density at radius 3 is 2.50 bits per heavy atom. The summed E-state index contributed by atoms with van der Waals surface area (Å²) in [5, 5.41) is 11.9. The van der Waals surface area contributed by atoms with E-state index in [0.29, 0.717) is 19.0 Å². The molecule has 1 atom stereocenters. The highest BCUT2D eigenvalue weighted by atomic mass is 16.5. The summed E-state index contributed by atoms with van der Waals surface area (Å²) in [4.78, 5) is 4.65. The van der Waals surface area contributed by atoms with Gasteiger partial charge in [-0.2, -0.15) is 0 Å². The molecule has 0 amide bonds. The fraction of sp³-hybridized carbons (Fsp3) is 0.923. The van der Waals surface area contributed by atoms with Crippen molar-refractivity contribution >= 4 is 5.84 Å². The molecule has 118 valence electrons. The molecule has 0 aliphatic carbocycles. The number of nitrogens with zero attached hydrogens (tertiary/aromatic N) is 3. The van der Waals surface area contributed by atoms with Crippen LogP contribution < -0.4 is 5.73 Å². The van der Waals surface area contributed by atoms with Gasteiger partial charge in [0, 0.05) is 39.8 Å². The summed E-state index contributed by atoms with van der Waals surface area (Å²) in [5.41, 5.74) is 5.73. The first-order valence-electron chi connectivity index (χ1n) is 7.23. The van der Waals surface area contributed by atoms with E-state index in [9.17, 15) is 0 Å². The van der Waals surface area contributed by atoms with E-state index < -0.39 is 0 Å². The summed E-state index contributed by atoms with van der Waals surface area (Å²) < 4.78 is 10.4. The minimum Gasteiger partial charge on any atom is -0.409 e. The SMILES string of the molecule is CCC(C(N)=NO)N1CCN(CCOCCOC)CC1. The molecule has 3 N–H and O–H groups in total. The summed E-state index contributed by atoms with van der Waals surface area (Å²) in [6.07, 6.45) is 0.857. The van der Waals surface area contributed by atoms with Crippen LogP contribution in [-0.2, 0) is 9.47 Å². The Morgan fingerprint density at radius 2 is 1.95 bits per heavy atom. The number of hydrogen-bond acceptors (Lipinski definition) is 6. The Kier molecular flexibility index (Phi) is 8.52. The minimum atomic E-state index is 0.0418. The van der Waals surface area contributed by atoms with Crippen molar-refractivity contribution in [1.29, 1.82) is 0 Å². The lowest BCUT2D eigenvalue weighted by atomic mass is 10.1. The number of piperazine rings is 1. The highest BCUT2D eigenvalue weighted by Gasteiger charge is 2.25. The molecular weight excluding hydrogens is 260 g/mol. The van der Waals surface area contributed by atoms with Crippen molar-refractivity contribution in [2.45, 2.75) is 19.4 Å². The van der Waals surface area contributed by atoms with Gasteiger partial charge < -0.3 is 20.4 Å². The minimum absolute atomic E-state index is 0.0418. The van der Waals surface area contributed by atoms with Crippen LogP contribution in [0.15, 0.2) is 5.16 Å². The van der Waals surface area contributed by atoms with Gasteiger partial charge in [-0.3, -0.25) is 9.80 Å². The number of oxime groups is 1. The van der Waals surface area contributed by atoms with Crippen LogP contribution in [0.4, 0.5) is 0 Å². The van der Waals surface area contributed by atoms with Gasteiger partial charge in [0.25, 0.3) is 0 Å². The predicted octanol–water partition coefficient (Wildman–Crippen LogP) is -0.208. The van der Waals surface area contributed by atoms with Crippen LogP contribution in [0.25, 0.3) is 0 Å². The number of nitrogens with two attached hydrogens (primary N) is 1. The maximum Gasteiger partial charge on any atom is 0.156 e. The molecule has 20 heavy (non-hydrogen) atoms. The molecule has 0 aromatic rings. The Morgan fingerprint density at radius 1 is 1.25 bits per heavy atom. The summed E-state index contributed by atoms with van der Waals surface area (Å²) in [6.45, 7) is 8.88. The first-order valence-corrected chi connectivity index (χ1v) is 7.23.